The molecule has 0 N–H and O–H groups in total. The quantitative estimate of drug-likeness (QED) is 0.656. The number of amides is 1. The Kier molecular flexibility index (Phi) is 3.23. The number of aromatic nitrogens is 4. The van der Waals surface area contributed by atoms with Crippen LogP contribution < -0.4 is 0 Å². The summed E-state index contributed by atoms with van der Waals surface area (Å²) >= 11 is 0. The summed E-state index contributed by atoms with van der Waals surface area (Å²) in [5.41, 5.74) is 0. The van der Waals surface area contributed by atoms with Crippen LogP contribution in [-0.2, 0) is 16.1 Å². The van der Waals surface area contributed by atoms with Crippen LogP contribution in [-0.4, -0.2) is 50.4 Å². The van der Waals surface area contributed by atoms with Crippen molar-refractivity contribution in [2.24, 2.45) is 5.92 Å². The second-order valence-corrected chi connectivity index (χ2v) is 3.78. The van der Waals surface area contributed by atoms with Crippen LogP contribution in [0.4, 0.5) is 0 Å². The molecule has 0 unspecified atom stereocenters. The molecule has 0 aliphatic carbocycles. The third-order valence-corrected chi connectivity index (χ3v) is 2.70. The second-order valence-electron chi connectivity index (χ2n) is 3.78. The Morgan fingerprint density at radius 3 is 2.75 bits per heavy atom. The highest BCUT2D eigenvalue weighted by atomic mass is 16.2. The third-order valence-electron chi connectivity index (χ3n) is 2.70. The molecule has 1 amide bonds. The molecular weight excluding hydrogens is 210 g/mol. The molecule has 1 radical (unpaired) electrons. The molecule has 0 aromatic carbocycles. The Labute approximate surface area is 92.4 Å². The summed E-state index contributed by atoms with van der Waals surface area (Å²) in [6, 6.07) is 0. The van der Waals surface area contributed by atoms with Crippen LogP contribution >= 0.6 is 0 Å². The number of likely N-dealkylation sites (tertiary alicyclic amines) is 1. The molecule has 1 aliphatic heterocycles. The number of hydrogen-bond acceptors (Lipinski definition) is 5. The van der Waals surface area contributed by atoms with Crippen molar-refractivity contribution in [3.63, 3.8) is 0 Å². The fourth-order valence-electron chi connectivity index (χ4n) is 1.74. The van der Waals surface area contributed by atoms with E-state index in [-0.39, 0.29) is 18.4 Å². The Hall–Kier alpha value is -1.79. The number of carbonyl (C=O) groups excluding carboxylic acids is 2. The molecule has 7 heteroatoms. The predicted octanol–water partition coefficient (Wildman–Crippen LogP) is -0.979. The molecule has 2 heterocycles. The molecule has 85 valence electrons. The molecule has 16 heavy (non-hydrogen) atoms. The van der Waals surface area contributed by atoms with Crippen molar-refractivity contribution in [2.75, 3.05) is 13.1 Å². The van der Waals surface area contributed by atoms with E-state index in [1.165, 1.54) is 11.0 Å². The number of nitrogens with zero attached hydrogens (tertiary/aromatic N) is 5. The van der Waals surface area contributed by atoms with E-state index in [0.29, 0.717) is 25.9 Å². The Balaban J connectivity index is 1.84. The van der Waals surface area contributed by atoms with Crippen LogP contribution in [0.3, 0.4) is 0 Å². The first kappa shape index (κ1) is 10.7. The lowest BCUT2D eigenvalue weighted by atomic mass is 9.99. The second kappa shape index (κ2) is 4.82. The van der Waals surface area contributed by atoms with E-state index in [1.807, 2.05) is 6.29 Å². The molecule has 0 atom stereocenters. The molecule has 2 rings (SSSR count). The highest BCUT2D eigenvalue weighted by molar-refractivity contribution is 5.76. The smallest absolute Gasteiger partial charge is 0.244 e. The standard InChI is InChI=1S/C9H12N5O2/c15-6-8-1-3-13(4-2-8)9(16)5-14-7-10-11-12-14/h7-8H,1-5H2. The van der Waals surface area contributed by atoms with Gasteiger partial charge in [-0.2, -0.15) is 0 Å². The van der Waals surface area contributed by atoms with Crippen LogP contribution in [0.5, 0.6) is 0 Å². The zero-order chi connectivity index (χ0) is 11.4. The largest absolute Gasteiger partial charge is 0.341 e. The topological polar surface area (TPSA) is 81.0 Å². The van der Waals surface area contributed by atoms with Crippen molar-refractivity contribution in [1.29, 1.82) is 0 Å². The highest BCUT2D eigenvalue weighted by Crippen LogP contribution is 2.14. The van der Waals surface area contributed by atoms with Gasteiger partial charge in [-0.15, -0.1) is 5.10 Å². The predicted molar refractivity (Wildman–Crippen MR) is 52.8 cm³/mol. The number of tetrazole rings is 1. The van der Waals surface area contributed by atoms with Gasteiger partial charge in [0.05, 0.1) is 0 Å². The van der Waals surface area contributed by atoms with Gasteiger partial charge in [-0.1, -0.05) is 0 Å². The normalized spacial score (nSPS) is 17.4. The monoisotopic (exact) mass is 222 g/mol. The van der Waals surface area contributed by atoms with E-state index < -0.39 is 0 Å². The third kappa shape index (κ3) is 2.41. The van der Waals surface area contributed by atoms with Gasteiger partial charge in [-0.05, 0) is 23.3 Å². The van der Waals surface area contributed by atoms with Crippen molar-refractivity contribution >= 4 is 12.2 Å². The van der Waals surface area contributed by atoms with Gasteiger partial charge in [0.1, 0.15) is 12.9 Å². The molecule has 1 aromatic rings. The lowest BCUT2D eigenvalue weighted by molar-refractivity contribution is -0.133. The average Bonchev–Trinajstić information content (AvgIpc) is 2.82. The first-order chi connectivity index (χ1) is 7.79. The van der Waals surface area contributed by atoms with Crippen molar-refractivity contribution in [3.8, 4) is 0 Å². The molecule has 1 aliphatic rings. The van der Waals surface area contributed by atoms with E-state index in [9.17, 15) is 9.59 Å². The Morgan fingerprint density at radius 2 is 2.19 bits per heavy atom. The Bertz CT molecular complexity index is 356. The number of carbonyl (C=O) groups is 1. The maximum Gasteiger partial charge on any atom is 0.244 e. The number of rotatable bonds is 3. The Morgan fingerprint density at radius 1 is 1.44 bits per heavy atom. The van der Waals surface area contributed by atoms with Gasteiger partial charge in [0, 0.05) is 19.0 Å². The van der Waals surface area contributed by atoms with Crippen molar-refractivity contribution < 1.29 is 9.59 Å². The molecule has 1 aromatic heterocycles. The van der Waals surface area contributed by atoms with Crippen LogP contribution in [0.25, 0.3) is 0 Å². The molecule has 0 spiro atoms. The van der Waals surface area contributed by atoms with Crippen LogP contribution in [0.1, 0.15) is 12.8 Å². The number of hydrogen-bond donors (Lipinski definition) is 0. The summed E-state index contributed by atoms with van der Waals surface area (Å²) < 4.78 is 1.39. The average molecular weight is 222 g/mol. The van der Waals surface area contributed by atoms with Gasteiger partial charge in [0.25, 0.3) is 0 Å². The summed E-state index contributed by atoms with van der Waals surface area (Å²) in [4.78, 5) is 23.9. The van der Waals surface area contributed by atoms with Gasteiger partial charge in [0.2, 0.25) is 12.2 Å². The fraction of sp³-hybridized carbons (Fsp3) is 0.667. The van der Waals surface area contributed by atoms with E-state index in [1.54, 1.807) is 4.90 Å². The summed E-state index contributed by atoms with van der Waals surface area (Å²) in [6.07, 6.45) is 4.79. The van der Waals surface area contributed by atoms with Crippen LogP contribution in [0.15, 0.2) is 6.33 Å². The van der Waals surface area contributed by atoms with E-state index in [4.69, 9.17) is 0 Å². The first-order valence-electron chi connectivity index (χ1n) is 5.16. The summed E-state index contributed by atoms with van der Waals surface area (Å²) in [5, 5.41) is 10.5. The SMILES string of the molecule is O=[C]C1CCN(C(=O)Cn2cnnn2)CC1. The lowest BCUT2D eigenvalue weighted by Gasteiger charge is -2.29. The molecule has 1 fully saturated rings. The van der Waals surface area contributed by atoms with E-state index >= 15 is 0 Å². The summed E-state index contributed by atoms with van der Waals surface area (Å²) in [5.74, 6) is -0.0336. The number of piperidine rings is 1. The fourth-order valence-corrected chi connectivity index (χ4v) is 1.74. The van der Waals surface area contributed by atoms with Crippen molar-refractivity contribution in [1.82, 2.24) is 25.1 Å². The summed E-state index contributed by atoms with van der Waals surface area (Å²) in [7, 11) is 0. The molecule has 0 bridgehead atoms. The van der Waals surface area contributed by atoms with Crippen LogP contribution in [0.2, 0.25) is 0 Å². The van der Waals surface area contributed by atoms with E-state index in [2.05, 4.69) is 15.5 Å². The van der Waals surface area contributed by atoms with Crippen molar-refractivity contribution in [2.45, 2.75) is 19.4 Å². The zero-order valence-corrected chi connectivity index (χ0v) is 8.74. The zero-order valence-electron chi connectivity index (χ0n) is 8.74. The molecule has 0 saturated carbocycles. The minimum absolute atomic E-state index is 0.0166. The highest BCUT2D eigenvalue weighted by Gasteiger charge is 2.22. The van der Waals surface area contributed by atoms with Crippen LogP contribution in [0, 0.1) is 5.92 Å². The van der Waals surface area contributed by atoms with Crippen molar-refractivity contribution in [3.05, 3.63) is 6.33 Å². The summed E-state index contributed by atoms with van der Waals surface area (Å²) in [6.45, 7) is 1.38. The maximum absolute atomic E-state index is 11.8. The lowest BCUT2D eigenvalue weighted by Crippen LogP contribution is -2.40. The molecule has 7 nitrogen and oxygen atoms in total. The minimum atomic E-state index is -0.0170. The van der Waals surface area contributed by atoms with Gasteiger partial charge >= 0.3 is 0 Å². The van der Waals surface area contributed by atoms with Gasteiger partial charge in [-0.3, -0.25) is 9.59 Å². The van der Waals surface area contributed by atoms with Gasteiger partial charge in [0.15, 0.2) is 0 Å². The first-order valence-corrected chi connectivity index (χ1v) is 5.16. The van der Waals surface area contributed by atoms with Gasteiger partial charge in [-0.25, -0.2) is 4.68 Å². The van der Waals surface area contributed by atoms with E-state index in [0.717, 1.165) is 0 Å². The minimum Gasteiger partial charge on any atom is -0.341 e. The molecular formula is C9H12N5O2. The molecule has 1 saturated heterocycles. The maximum atomic E-state index is 11.8. The van der Waals surface area contributed by atoms with Gasteiger partial charge < -0.3 is 4.90 Å².